The predicted octanol–water partition coefficient (Wildman–Crippen LogP) is 1.32. The van der Waals surface area contributed by atoms with E-state index in [1.54, 1.807) is 17.5 Å². The minimum Gasteiger partial charge on any atom is -0.353 e. The molecule has 0 unspecified atom stereocenters. The van der Waals surface area contributed by atoms with Crippen molar-refractivity contribution in [2.75, 3.05) is 31.1 Å². The number of hydrogen-bond donors (Lipinski definition) is 1. The maximum absolute atomic E-state index is 4.63. The zero-order valence-electron chi connectivity index (χ0n) is 10.3. The maximum atomic E-state index is 4.63. The SMILES string of the molecule is Cc1ccsc1-c1nncc(N2CCNCC2)n1. The van der Waals surface area contributed by atoms with E-state index in [4.69, 9.17) is 0 Å². The number of rotatable bonds is 2. The summed E-state index contributed by atoms with van der Waals surface area (Å²) in [4.78, 5) is 7.99. The van der Waals surface area contributed by atoms with Crippen LogP contribution in [0.3, 0.4) is 0 Å². The van der Waals surface area contributed by atoms with Gasteiger partial charge in [0.05, 0.1) is 11.1 Å². The van der Waals surface area contributed by atoms with Gasteiger partial charge in [0.15, 0.2) is 11.6 Å². The quantitative estimate of drug-likeness (QED) is 0.883. The van der Waals surface area contributed by atoms with Gasteiger partial charge in [-0.1, -0.05) is 0 Å². The molecule has 1 fully saturated rings. The van der Waals surface area contributed by atoms with Crippen LogP contribution in [-0.4, -0.2) is 41.4 Å². The van der Waals surface area contributed by atoms with Crippen molar-refractivity contribution in [1.82, 2.24) is 20.5 Å². The highest BCUT2D eigenvalue weighted by Gasteiger charge is 2.14. The molecule has 5 nitrogen and oxygen atoms in total. The summed E-state index contributed by atoms with van der Waals surface area (Å²) in [5, 5.41) is 13.6. The lowest BCUT2D eigenvalue weighted by molar-refractivity contribution is 0.583. The summed E-state index contributed by atoms with van der Waals surface area (Å²) in [5.41, 5.74) is 1.21. The third-order valence-electron chi connectivity index (χ3n) is 3.05. The van der Waals surface area contributed by atoms with E-state index in [1.807, 2.05) is 0 Å². The maximum Gasteiger partial charge on any atom is 0.194 e. The van der Waals surface area contributed by atoms with Gasteiger partial charge < -0.3 is 10.2 Å². The molecule has 18 heavy (non-hydrogen) atoms. The molecule has 0 radical (unpaired) electrons. The molecule has 0 atom stereocenters. The average Bonchev–Trinajstić information content (AvgIpc) is 2.86. The standard InChI is InChI=1S/C12H15N5S/c1-9-2-7-18-11(9)12-15-10(8-14-16-12)17-5-3-13-4-6-17/h2,7-8,13H,3-6H2,1H3. The second-order valence-corrected chi connectivity index (χ2v) is 5.22. The Labute approximate surface area is 110 Å². The fourth-order valence-electron chi connectivity index (χ4n) is 2.04. The molecule has 6 heteroatoms. The van der Waals surface area contributed by atoms with Gasteiger partial charge in [0.2, 0.25) is 0 Å². The number of aromatic nitrogens is 3. The predicted molar refractivity (Wildman–Crippen MR) is 73.0 cm³/mol. The molecule has 0 saturated carbocycles. The van der Waals surface area contributed by atoms with Crippen LogP contribution in [0.5, 0.6) is 0 Å². The molecule has 1 aliphatic heterocycles. The van der Waals surface area contributed by atoms with Gasteiger partial charge in [-0.05, 0) is 23.9 Å². The van der Waals surface area contributed by atoms with Crippen LogP contribution in [-0.2, 0) is 0 Å². The van der Waals surface area contributed by atoms with Gasteiger partial charge >= 0.3 is 0 Å². The van der Waals surface area contributed by atoms with Crippen LogP contribution in [0.4, 0.5) is 5.82 Å². The third kappa shape index (κ3) is 2.21. The number of thiophene rings is 1. The number of nitrogens with zero attached hydrogens (tertiary/aromatic N) is 4. The van der Waals surface area contributed by atoms with Crippen molar-refractivity contribution >= 4 is 17.2 Å². The van der Waals surface area contributed by atoms with Gasteiger partial charge in [-0.3, -0.25) is 0 Å². The van der Waals surface area contributed by atoms with Crippen LogP contribution >= 0.6 is 11.3 Å². The van der Waals surface area contributed by atoms with E-state index in [1.165, 1.54) is 5.56 Å². The smallest absolute Gasteiger partial charge is 0.194 e. The van der Waals surface area contributed by atoms with Crippen LogP contribution in [0, 0.1) is 6.92 Å². The first-order valence-corrected chi connectivity index (χ1v) is 6.92. The highest BCUT2D eigenvalue weighted by Crippen LogP contribution is 2.26. The molecular formula is C12H15N5S. The van der Waals surface area contributed by atoms with Gasteiger partial charge in [0, 0.05) is 26.2 Å². The van der Waals surface area contributed by atoms with Crippen LogP contribution in [0.25, 0.3) is 10.7 Å². The van der Waals surface area contributed by atoms with Crippen molar-refractivity contribution in [2.24, 2.45) is 0 Å². The largest absolute Gasteiger partial charge is 0.353 e. The first-order valence-electron chi connectivity index (χ1n) is 6.04. The molecule has 3 heterocycles. The first-order chi connectivity index (χ1) is 8.84. The Morgan fingerprint density at radius 3 is 2.89 bits per heavy atom. The number of piperazine rings is 1. The van der Waals surface area contributed by atoms with Gasteiger partial charge in [-0.15, -0.1) is 16.4 Å². The summed E-state index contributed by atoms with van der Waals surface area (Å²) < 4.78 is 0. The molecule has 0 aromatic carbocycles. The lowest BCUT2D eigenvalue weighted by atomic mass is 10.3. The molecule has 94 valence electrons. The van der Waals surface area contributed by atoms with Gasteiger partial charge in [0.25, 0.3) is 0 Å². The Morgan fingerprint density at radius 2 is 2.17 bits per heavy atom. The fraction of sp³-hybridized carbons (Fsp3) is 0.417. The molecular weight excluding hydrogens is 246 g/mol. The summed E-state index contributed by atoms with van der Waals surface area (Å²) >= 11 is 1.66. The zero-order chi connectivity index (χ0) is 12.4. The number of anilines is 1. The number of hydrogen-bond acceptors (Lipinski definition) is 6. The van der Waals surface area contributed by atoms with E-state index in [2.05, 4.69) is 43.8 Å². The molecule has 1 aliphatic rings. The Balaban J connectivity index is 1.91. The summed E-state index contributed by atoms with van der Waals surface area (Å²) in [6.45, 7) is 6.02. The Hall–Kier alpha value is -1.53. The summed E-state index contributed by atoms with van der Waals surface area (Å²) in [6, 6.07) is 2.08. The fourth-order valence-corrected chi connectivity index (χ4v) is 2.89. The van der Waals surface area contributed by atoms with Crippen LogP contribution in [0.1, 0.15) is 5.56 Å². The van der Waals surface area contributed by atoms with E-state index in [0.29, 0.717) is 0 Å². The highest BCUT2D eigenvalue weighted by molar-refractivity contribution is 7.13. The molecule has 0 aliphatic carbocycles. The van der Waals surface area contributed by atoms with Crippen molar-refractivity contribution in [3.05, 3.63) is 23.2 Å². The normalized spacial score (nSPS) is 15.9. The molecule has 2 aromatic rings. The summed E-state index contributed by atoms with van der Waals surface area (Å²) in [5.74, 6) is 1.66. The van der Waals surface area contributed by atoms with E-state index in [-0.39, 0.29) is 0 Å². The zero-order valence-corrected chi connectivity index (χ0v) is 11.1. The molecule has 0 spiro atoms. The van der Waals surface area contributed by atoms with Crippen molar-refractivity contribution in [1.29, 1.82) is 0 Å². The first kappa shape index (κ1) is 11.6. The average molecular weight is 261 g/mol. The van der Waals surface area contributed by atoms with E-state index < -0.39 is 0 Å². The van der Waals surface area contributed by atoms with Crippen molar-refractivity contribution in [2.45, 2.75) is 6.92 Å². The Kier molecular flexibility index (Phi) is 3.21. The molecule has 3 rings (SSSR count). The van der Waals surface area contributed by atoms with E-state index in [9.17, 15) is 0 Å². The lowest BCUT2D eigenvalue weighted by Gasteiger charge is -2.27. The minimum absolute atomic E-state index is 0.735. The molecule has 2 aromatic heterocycles. The minimum atomic E-state index is 0.735. The lowest BCUT2D eigenvalue weighted by Crippen LogP contribution is -2.44. The monoisotopic (exact) mass is 261 g/mol. The summed E-state index contributed by atoms with van der Waals surface area (Å²) in [7, 11) is 0. The second kappa shape index (κ2) is 4.99. The third-order valence-corrected chi connectivity index (χ3v) is 4.06. The van der Waals surface area contributed by atoms with Crippen molar-refractivity contribution < 1.29 is 0 Å². The highest BCUT2D eigenvalue weighted by atomic mass is 32.1. The molecule has 1 saturated heterocycles. The Bertz CT molecular complexity index is 533. The van der Waals surface area contributed by atoms with Crippen LogP contribution in [0.15, 0.2) is 17.6 Å². The second-order valence-electron chi connectivity index (χ2n) is 4.31. The molecule has 0 bridgehead atoms. The summed E-state index contributed by atoms with van der Waals surface area (Å²) in [6.07, 6.45) is 1.75. The van der Waals surface area contributed by atoms with Crippen LogP contribution in [0.2, 0.25) is 0 Å². The van der Waals surface area contributed by atoms with Gasteiger partial charge in [0.1, 0.15) is 0 Å². The van der Waals surface area contributed by atoms with Gasteiger partial charge in [-0.2, -0.15) is 5.10 Å². The van der Waals surface area contributed by atoms with Crippen molar-refractivity contribution in [3.8, 4) is 10.7 Å². The Morgan fingerprint density at radius 1 is 1.33 bits per heavy atom. The van der Waals surface area contributed by atoms with E-state index >= 15 is 0 Å². The molecule has 1 N–H and O–H groups in total. The molecule has 0 amide bonds. The van der Waals surface area contributed by atoms with Crippen molar-refractivity contribution in [3.63, 3.8) is 0 Å². The van der Waals surface area contributed by atoms with E-state index in [0.717, 1.165) is 42.7 Å². The van der Waals surface area contributed by atoms with Crippen LogP contribution < -0.4 is 10.2 Å². The number of nitrogens with one attached hydrogen (secondary N) is 1. The van der Waals surface area contributed by atoms with Gasteiger partial charge in [-0.25, -0.2) is 4.98 Å². The topological polar surface area (TPSA) is 53.9 Å². The number of aryl methyl sites for hydroxylation is 1.